The number of ether oxygens (including phenoxy) is 2. The Bertz CT molecular complexity index is 455. The SMILES string of the molecule is CC(=O)OCC[C@@]12O[C@@H]1CCc1ccccc12. The van der Waals surface area contributed by atoms with E-state index in [4.69, 9.17) is 9.47 Å². The zero-order valence-electron chi connectivity index (χ0n) is 9.94. The molecule has 3 nitrogen and oxygen atoms in total. The summed E-state index contributed by atoms with van der Waals surface area (Å²) >= 11 is 0. The van der Waals surface area contributed by atoms with E-state index < -0.39 is 0 Å². The van der Waals surface area contributed by atoms with Crippen LogP contribution in [0.1, 0.15) is 30.9 Å². The van der Waals surface area contributed by atoms with E-state index in [1.165, 1.54) is 18.1 Å². The summed E-state index contributed by atoms with van der Waals surface area (Å²) in [6, 6.07) is 8.43. The summed E-state index contributed by atoms with van der Waals surface area (Å²) < 4.78 is 10.9. The number of benzene rings is 1. The Hall–Kier alpha value is -1.35. The standard InChI is InChI=1S/C14H16O3/c1-10(15)16-9-8-14-12-5-3-2-4-11(12)6-7-13(14)17-14/h2-5,13H,6-9H2,1H3/t13-,14+/m1/s1. The third-order valence-electron chi connectivity index (χ3n) is 3.74. The molecule has 0 spiro atoms. The monoisotopic (exact) mass is 232 g/mol. The lowest BCUT2D eigenvalue weighted by atomic mass is 9.81. The van der Waals surface area contributed by atoms with Crippen molar-refractivity contribution in [1.82, 2.24) is 0 Å². The van der Waals surface area contributed by atoms with Crippen LogP contribution in [-0.2, 0) is 26.3 Å². The molecule has 2 atom stereocenters. The van der Waals surface area contributed by atoms with Crippen LogP contribution in [0.15, 0.2) is 24.3 Å². The van der Waals surface area contributed by atoms with Crippen LogP contribution >= 0.6 is 0 Å². The normalized spacial score (nSPS) is 29.1. The molecule has 1 aromatic rings. The van der Waals surface area contributed by atoms with Crippen molar-refractivity contribution in [3.63, 3.8) is 0 Å². The molecule has 0 unspecified atom stereocenters. The first kappa shape index (κ1) is 10.8. The Morgan fingerprint density at radius 1 is 1.53 bits per heavy atom. The predicted octanol–water partition coefficient (Wildman–Crippen LogP) is 2.18. The minimum absolute atomic E-state index is 0.162. The third-order valence-corrected chi connectivity index (χ3v) is 3.74. The number of hydrogen-bond acceptors (Lipinski definition) is 3. The summed E-state index contributed by atoms with van der Waals surface area (Å²) in [7, 11) is 0. The molecule has 2 aliphatic rings. The number of carbonyl (C=O) groups excluding carboxylic acids is 1. The molecule has 3 rings (SSSR count). The Morgan fingerprint density at radius 3 is 3.18 bits per heavy atom. The minimum Gasteiger partial charge on any atom is -0.466 e. The maximum atomic E-state index is 10.8. The molecule has 3 heteroatoms. The summed E-state index contributed by atoms with van der Waals surface area (Å²) in [5.41, 5.74) is 2.51. The fraction of sp³-hybridized carbons (Fsp3) is 0.500. The molecular formula is C14H16O3. The molecule has 1 aromatic carbocycles. The van der Waals surface area contributed by atoms with E-state index in [2.05, 4.69) is 24.3 Å². The Labute approximate surface area is 101 Å². The number of esters is 1. The maximum absolute atomic E-state index is 10.8. The van der Waals surface area contributed by atoms with Crippen LogP contribution in [0.25, 0.3) is 0 Å². The molecule has 0 radical (unpaired) electrons. The van der Waals surface area contributed by atoms with Gasteiger partial charge in [-0.3, -0.25) is 4.79 Å². The van der Waals surface area contributed by atoms with Gasteiger partial charge in [0.2, 0.25) is 0 Å². The van der Waals surface area contributed by atoms with Gasteiger partial charge in [-0.15, -0.1) is 0 Å². The summed E-state index contributed by atoms with van der Waals surface area (Å²) in [5.74, 6) is -0.220. The lowest BCUT2D eigenvalue weighted by Gasteiger charge is -2.21. The molecule has 90 valence electrons. The average molecular weight is 232 g/mol. The number of hydrogen-bond donors (Lipinski definition) is 0. The van der Waals surface area contributed by atoms with E-state index in [1.807, 2.05) is 0 Å². The van der Waals surface area contributed by atoms with E-state index in [9.17, 15) is 4.79 Å². The molecule has 1 fully saturated rings. The molecule has 0 bridgehead atoms. The number of fused-ring (bicyclic) bond motifs is 3. The zero-order chi connectivity index (χ0) is 11.9. The number of carbonyl (C=O) groups is 1. The smallest absolute Gasteiger partial charge is 0.302 e. The van der Waals surface area contributed by atoms with E-state index in [-0.39, 0.29) is 11.6 Å². The molecule has 17 heavy (non-hydrogen) atoms. The van der Waals surface area contributed by atoms with Crippen molar-refractivity contribution in [2.24, 2.45) is 0 Å². The second-order valence-electron chi connectivity index (χ2n) is 4.78. The molecule has 1 aliphatic heterocycles. The molecule has 0 amide bonds. The van der Waals surface area contributed by atoms with Gasteiger partial charge in [-0.1, -0.05) is 24.3 Å². The van der Waals surface area contributed by atoms with Crippen molar-refractivity contribution >= 4 is 5.97 Å². The van der Waals surface area contributed by atoms with Gasteiger partial charge in [0.05, 0.1) is 12.7 Å². The molecule has 0 N–H and O–H groups in total. The second kappa shape index (κ2) is 3.84. The van der Waals surface area contributed by atoms with Gasteiger partial charge in [0.1, 0.15) is 5.60 Å². The van der Waals surface area contributed by atoms with E-state index in [0.29, 0.717) is 12.7 Å². The second-order valence-corrected chi connectivity index (χ2v) is 4.78. The van der Waals surface area contributed by atoms with Crippen LogP contribution in [0, 0.1) is 0 Å². The van der Waals surface area contributed by atoms with Gasteiger partial charge < -0.3 is 9.47 Å². The lowest BCUT2D eigenvalue weighted by molar-refractivity contribution is -0.141. The first-order valence-corrected chi connectivity index (χ1v) is 6.12. The predicted molar refractivity (Wildman–Crippen MR) is 62.6 cm³/mol. The molecule has 1 saturated heterocycles. The Morgan fingerprint density at radius 2 is 2.35 bits per heavy atom. The first-order valence-electron chi connectivity index (χ1n) is 6.12. The number of rotatable bonds is 3. The molecule has 0 saturated carbocycles. The van der Waals surface area contributed by atoms with Gasteiger partial charge in [-0.05, 0) is 24.0 Å². The summed E-state index contributed by atoms with van der Waals surface area (Å²) in [5, 5.41) is 0. The molecular weight excluding hydrogens is 216 g/mol. The average Bonchev–Trinajstić information content (AvgIpc) is 3.03. The highest BCUT2D eigenvalue weighted by atomic mass is 16.6. The van der Waals surface area contributed by atoms with Gasteiger partial charge in [-0.25, -0.2) is 0 Å². The van der Waals surface area contributed by atoms with Crippen LogP contribution < -0.4 is 0 Å². The van der Waals surface area contributed by atoms with E-state index in [1.54, 1.807) is 0 Å². The van der Waals surface area contributed by atoms with Crippen molar-refractivity contribution < 1.29 is 14.3 Å². The zero-order valence-corrected chi connectivity index (χ0v) is 9.94. The van der Waals surface area contributed by atoms with Crippen LogP contribution in [0.3, 0.4) is 0 Å². The highest BCUT2D eigenvalue weighted by Crippen LogP contribution is 2.55. The van der Waals surface area contributed by atoms with Gasteiger partial charge in [-0.2, -0.15) is 0 Å². The molecule has 1 aliphatic carbocycles. The number of epoxide rings is 1. The van der Waals surface area contributed by atoms with Crippen molar-refractivity contribution in [1.29, 1.82) is 0 Å². The van der Waals surface area contributed by atoms with Crippen LogP contribution in [-0.4, -0.2) is 18.7 Å². The highest BCUT2D eigenvalue weighted by Gasteiger charge is 2.59. The maximum Gasteiger partial charge on any atom is 0.302 e. The summed E-state index contributed by atoms with van der Waals surface area (Å²) in [6.45, 7) is 1.89. The van der Waals surface area contributed by atoms with Crippen molar-refractivity contribution in [2.75, 3.05) is 6.61 Å². The fourth-order valence-electron chi connectivity index (χ4n) is 2.89. The topological polar surface area (TPSA) is 38.8 Å². The van der Waals surface area contributed by atoms with E-state index in [0.717, 1.165) is 19.3 Å². The first-order chi connectivity index (χ1) is 8.22. The summed E-state index contributed by atoms with van der Waals surface area (Å²) in [4.78, 5) is 10.8. The summed E-state index contributed by atoms with van der Waals surface area (Å²) in [6.07, 6.45) is 3.27. The van der Waals surface area contributed by atoms with Gasteiger partial charge >= 0.3 is 5.97 Å². The van der Waals surface area contributed by atoms with Gasteiger partial charge in [0, 0.05) is 13.3 Å². The Balaban J connectivity index is 1.78. The number of aryl methyl sites for hydroxylation is 1. The minimum atomic E-state index is -0.220. The fourth-order valence-corrected chi connectivity index (χ4v) is 2.89. The van der Waals surface area contributed by atoms with Crippen LogP contribution in [0.4, 0.5) is 0 Å². The van der Waals surface area contributed by atoms with Crippen LogP contribution in [0.5, 0.6) is 0 Å². The highest BCUT2D eigenvalue weighted by molar-refractivity contribution is 5.65. The van der Waals surface area contributed by atoms with Gasteiger partial charge in [0.15, 0.2) is 0 Å². The lowest BCUT2D eigenvalue weighted by Crippen LogP contribution is -2.22. The van der Waals surface area contributed by atoms with Crippen molar-refractivity contribution in [2.45, 2.75) is 37.9 Å². The molecule has 1 heterocycles. The molecule has 0 aromatic heterocycles. The van der Waals surface area contributed by atoms with Gasteiger partial charge in [0.25, 0.3) is 0 Å². The Kier molecular flexibility index (Phi) is 2.44. The van der Waals surface area contributed by atoms with Crippen molar-refractivity contribution in [3.05, 3.63) is 35.4 Å². The largest absolute Gasteiger partial charge is 0.466 e. The van der Waals surface area contributed by atoms with E-state index >= 15 is 0 Å². The van der Waals surface area contributed by atoms with Crippen LogP contribution in [0.2, 0.25) is 0 Å². The van der Waals surface area contributed by atoms with Crippen molar-refractivity contribution in [3.8, 4) is 0 Å². The third kappa shape index (κ3) is 1.75. The quantitative estimate of drug-likeness (QED) is 0.592.